The zero-order valence-electron chi connectivity index (χ0n) is 10.3. The summed E-state index contributed by atoms with van der Waals surface area (Å²) in [6, 6.07) is 8.45. The van der Waals surface area contributed by atoms with Gasteiger partial charge in [0.15, 0.2) is 4.96 Å². The van der Waals surface area contributed by atoms with Crippen molar-refractivity contribution in [1.82, 2.24) is 9.38 Å². The molecule has 3 nitrogen and oxygen atoms in total. The van der Waals surface area contributed by atoms with Gasteiger partial charge in [-0.2, -0.15) is 0 Å². The Morgan fingerprint density at radius 2 is 2.11 bits per heavy atom. The highest BCUT2D eigenvalue weighted by Gasteiger charge is 2.04. The Bertz CT molecular complexity index is 608. The minimum Gasteiger partial charge on any atom is -0.385 e. The molecule has 0 aliphatic carbocycles. The fourth-order valence-electron chi connectivity index (χ4n) is 1.89. The van der Waals surface area contributed by atoms with Crippen LogP contribution in [0.3, 0.4) is 0 Å². The smallest absolute Gasteiger partial charge is 0.194 e. The molecule has 0 aliphatic rings. The van der Waals surface area contributed by atoms with Gasteiger partial charge in [0.25, 0.3) is 0 Å². The highest BCUT2D eigenvalue weighted by molar-refractivity contribution is 7.15. The van der Waals surface area contributed by atoms with Crippen molar-refractivity contribution in [2.45, 2.75) is 13.3 Å². The highest BCUT2D eigenvalue weighted by Crippen LogP contribution is 2.22. The average molecular weight is 257 g/mol. The zero-order valence-corrected chi connectivity index (χ0v) is 11.1. The Labute approximate surface area is 110 Å². The molecule has 18 heavy (non-hydrogen) atoms. The van der Waals surface area contributed by atoms with Crippen LogP contribution in [0.2, 0.25) is 0 Å². The largest absolute Gasteiger partial charge is 0.385 e. The van der Waals surface area contributed by atoms with Crippen molar-refractivity contribution in [3.8, 4) is 11.3 Å². The van der Waals surface area contributed by atoms with Gasteiger partial charge in [0, 0.05) is 35.6 Å². The van der Waals surface area contributed by atoms with Crippen LogP contribution in [0.25, 0.3) is 16.2 Å². The van der Waals surface area contributed by atoms with Gasteiger partial charge >= 0.3 is 0 Å². The molecule has 0 fully saturated rings. The normalized spacial score (nSPS) is 10.9. The highest BCUT2D eigenvalue weighted by atomic mass is 32.1. The Hall–Kier alpha value is -1.81. The molecule has 0 unspecified atom stereocenters. The lowest BCUT2D eigenvalue weighted by Crippen LogP contribution is -1.98. The molecule has 0 atom stereocenters. The van der Waals surface area contributed by atoms with Gasteiger partial charge in [-0.15, -0.1) is 11.3 Å². The number of aromatic nitrogens is 2. The first-order valence-electron chi connectivity index (χ1n) is 6.13. The Kier molecular flexibility index (Phi) is 3.02. The number of nitrogens with one attached hydrogen (secondary N) is 1. The van der Waals surface area contributed by atoms with Gasteiger partial charge in [0.1, 0.15) is 0 Å². The van der Waals surface area contributed by atoms with Crippen LogP contribution in [-0.2, 0) is 0 Å². The first-order valence-corrected chi connectivity index (χ1v) is 7.01. The number of thiazole rings is 1. The summed E-state index contributed by atoms with van der Waals surface area (Å²) in [5.74, 6) is 0. The van der Waals surface area contributed by atoms with E-state index in [4.69, 9.17) is 0 Å². The molecule has 4 heteroatoms. The first-order chi connectivity index (χ1) is 8.86. The quantitative estimate of drug-likeness (QED) is 0.768. The van der Waals surface area contributed by atoms with E-state index in [1.807, 2.05) is 11.6 Å². The molecule has 3 aromatic rings. The van der Waals surface area contributed by atoms with Crippen LogP contribution in [0.15, 0.2) is 42.0 Å². The number of anilines is 1. The van der Waals surface area contributed by atoms with E-state index < -0.39 is 0 Å². The summed E-state index contributed by atoms with van der Waals surface area (Å²) >= 11 is 1.66. The fourth-order valence-corrected chi connectivity index (χ4v) is 2.59. The molecule has 0 saturated heterocycles. The predicted molar refractivity (Wildman–Crippen MR) is 77.3 cm³/mol. The molecule has 2 aromatic heterocycles. The second-order valence-corrected chi connectivity index (χ2v) is 5.10. The predicted octanol–water partition coefficient (Wildman–Crippen LogP) is 3.88. The standard InChI is InChI=1S/C14H15N3S/c1-2-7-15-12-5-3-11(4-6-12)13-10-17-8-9-18-14(17)16-13/h3-6,8-10,15H,2,7H2,1H3. The summed E-state index contributed by atoms with van der Waals surface area (Å²) in [4.78, 5) is 5.64. The number of rotatable bonds is 4. The second kappa shape index (κ2) is 4.82. The number of benzene rings is 1. The van der Waals surface area contributed by atoms with Crippen LogP contribution in [0.1, 0.15) is 13.3 Å². The van der Waals surface area contributed by atoms with Crippen molar-refractivity contribution >= 4 is 22.0 Å². The number of imidazole rings is 1. The van der Waals surface area contributed by atoms with Crippen LogP contribution in [0, 0.1) is 0 Å². The minimum absolute atomic E-state index is 1.01. The van der Waals surface area contributed by atoms with E-state index in [9.17, 15) is 0 Å². The summed E-state index contributed by atoms with van der Waals surface area (Å²) in [7, 11) is 0. The number of hydrogen-bond acceptors (Lipinski definition) is 3. The Morgan fingerprint density at radius 3 is 2.83 bits per heavy atom. The van der Waals surface area contributed by atoms with E-state index in [0.29, 0.717) is 0 Å². The van der Waals surface area contributed by atoms with Crippen LogP contribution >= 0.6 is 11.3 Å². The first kappa shape index (κ1) is 11.3. The van der Waals surface area contributed by atoms with Crippen molar-refractivity contribution in [2.24, 2.45) is 0 Å². The third kappa shape index (κ3) is 2.11. The fraction of sp³-hybridized carbons (Fsp3) is 0.214. The molecular formula is C14H15N3S. The van der Waals surface area contributed by atoms with Crippen molar-refractivity contribution in [3.05, 3.63) is 42.0 Å². The van der Waals surface area contributed by atoms with Gasteiger partial charge < -0.3 is 5.32 Å². The molecule has 0 spiro atoms. The van der Waals surface area contributed by atoms with Crippen LogP contribution in [-0.4, -0.2) is 15.9 Å². The summed E-state index contributed by atoms with van der Waals surface area (Å²) in [6.45, 7) is 3.18. The van der Waals surface area contributed by atoms with Gasteiger partial charge in [-0.25, -0.2) is 4.98 Å². The zero-order chi connectivity index (χ0) is 12.4. The molecule has 1 N–H and O–H groups in total. The van der Waals surface area contributed by atoms with Crippen LogP contribution < -0.4 is 5.32 Å². The molecule has 0 bridgehead atoms. The minimum atomic E-state index is 1.01. The molecule has 92 valence electrons. The van der Waals surface area contributed by atoms with Gasteiger partial charge in [-0.1, -0.05) is 19.1 Å². The van der Waals surface area contributed by atoms with Gasteiger partial charge in [0.05, 0.1) is 5.69 Å². The molecular weight excluding hydrogens is 242 g/mol. The van der Waals surface area contributed by atoms with E-state index in [1.54, 1.807) is 11.3 Å². The van der Waals surface area contributed by atoms with E-state index in [-0.39, 0.29) is 0 Å². The Balaban J connectivity index is 1.85. The van der Waals surface area contributed by atoms with Crippen molar-refractivity contribution in [2.75, 3.05) is 11.9 Å². The van der Waals surface area contributed by atoms with E-state index in [0.717, 1.165) is 29.2 Å². The summed E-state index contributed by atoms with van der Waals surface area (Å²) in [5, 5.41) is 5.42. The molecule has 0 amide bonds. The Morgan fingerprint density at radius 1 is 1.28 bits per heavy atom. The van der Waals surface area contributed by atoms with Crippen molar-refractivity contribution in [1.29, 1.82) is 0 Å². The summed E-state index contributed by atoms with van der Waals surface area (Å²) in [6.07, 6.45) is 5.24. The number of fused-ring (bicyclic) bond motifs is 1. The summed E-state index contributed by atoms with van der Waals surface area (Å²) < 4.78 is 2.06. The lowest BCUT2D eigenvalue weighted by atomic mass is 10.1. The maximum absolute atomic E-state index is 4.60. The molecule has 0 saturated carbocycles. The lowest BCUT2D eigenvalue weighted by Gasteiger charge is -2.04. The third-order valence-corrected chi connectivity index (χ3v) is 3.62. The van der Waals surface area contributed by atoms with E-state index in [2.05, 4.69) is 52.1 Å². The van der Waals surface area contributed by atoms with Gasteiger partial charge in [0.2, 0.25) is 0 Å². The van der Waals surface area contributed by atoms with E-state index >= 15 is 0 Å². The molecule has 2 heterocycles. The average Bonchev–Trinajstić information content (AvgIpc) is 2.97. The topological polar surface area (TPSA) is 29.3 Å². The molecule has 1 aromatic carbocycles. The van der Waals surface area contributed by atoms with Crippen molar-refractivity contribution < 1.29 is 0 Å². The lowest BCUT2D eigenvalue weighted by molar-refractivity contribution is 0.980. The van der Waals surface area contributed by atoms with Crippen LogP contribution in [0.4, 0.5) is 5.69 Å². The number of hydrogen-bond donors (Lipinski definition) is 1. The molecule has 0 aliphatic heterocycles. The second-order valence-electron chi connectivity index (χ2n) is 4.22. The maximum Gasteiger partial charge on any atom is 0.194 e. The van der Waals surface area contributed by atoms with Gasteiger partial charge in [-0.05, 0) is 18.6 Å². The van der Waals surface area contributed by atoms with Crippen molar-refractivity contribution in [3.63, 3.8) is 0 Å². The van der Waals surface area contributed by atoms with Gasteiger partial charge in [-0.3, -0.25) is 4.40 Å². The third-order valence-electron chi connectivity index (χ3n) is 2.85. The number of nitrogens with zero attached hydrogens (tertiary/aromatic N) is 2. The monoisotopic (exact) mass is 257 g/mol. The molecule has 0 radical (unpaired) electrons. The van der Waals surface area contributed by atoms with Crippen LogP contribution in [0.5, 0.6) is 0 Å². The maximum atomic E-state index is 4.60. The van der Waals surface area contributed by atoms with E-state index in [1.165, 1.54) is 5.69 Å². The summed E-state index contributed by atoms with van der Waals surface area (Å²) in [5.41, 5.74) is 3.36. The SMILES string of the molecule is CCCNc1ccc(-c2cn3ccsc3n2)cc1. The molecule has 3 rings (SSSR count).